The predicted molar refractivity (Wildman–Crippen MR) is 100 cm³/mol. The van der Waals surface area contributed by atoms with E-state index in [2.05, 4.69) is 27.3 Å². The van der Waals surface area contributed by atoms with E-state index >= 15 is 0 Å². The number of carboxylic acids is 2. The van der Waals surface area contributed by atoms with E-state index in [1.807, 2.05) is 10.7 Å². The Kier molecular flexibility index (Phi) is 7.28. The van der Waals surface area contributed by atoms with Gasteiger partial charge in [-0.25, -0.2) is 19.3 Å². The Hall–Kier alpha value is -3.70. The van der Waals surface area contributed by atoms with E-state index in [1.54, 1.807) is 24.4 Å². The number of aromatic carboxylic acids is 1. The van der Waals surface area contributed by atoms with Crippen LogP contribution in [0, 0.1) is 0 Å². The fourth-order valence-electron chi connectivity index (χ4n) is 2.45. The van der Waals surface area contributed by atoms with Crippen molar-refractivity contribution >= 4 is 28.5 Å². The quantitative estimate of drug-likeness (QED) is 0.549. The van der Waals surface area contributed by atoms with Gasteiger partial charge in [-0.15, -0.1) is 0 Å². The first-order valence-corrected chi connectivity index (χ1v) is 8.66. The third-order valence-electron chi connectivity index (χ3n) is 3.76. The molecule has 3 rings (SSSR count). The third kappa shape index (κ3) is 5.90. The van der Waals surface area contributed by atoms with Gasteiger partial charge in [0.2, 0.25) is 0 Å². The lowest BCUT2D eigenvalue weighted by atomic mass is 10.1. The van der Waals surface area contributed by atoms with Gasteiger partial charge in [-0.2, -0.15) is 18.3 Å². The number of halogens is 3. The highest BCUT2D eigenvalue weighted by atomic mass is 19.4. The molecule has 0 bridgehead atoms. The van der Waals surface area contributed by atoms with E-state index in [9.17, 15) is 23.1 Å². The second kappa shape index (κ2) is 9.67. The molecular formula is C18H18F3N5O4. The molecule has 0 spiro atoms. The van der Waals surface area contributed by atoms with Gasteiger partial charge in [0.25, 0.3) is 0 Å². The number of aliphatic carboxylic acids is 1. The molecule has 0 aliphatic heterocycles. The van der Waals surface area contributed by atoms with Gasteiger partial charge in [-0.3, -0.25) is 4.98 Å². The number of nitrogens with one attached hydrogen (secondary N) is 1. The van der Waals surface area contributed by atoms with E-state index in [0.29, 0.717) is 12.2 Å². The zero-order valence-corrected chi connectivity index (χ0v) is 15.7. The number of hydrogen-bond acceptors (Lipinski definition) is 6. The molecule has 0 aliphatic rings. The molecule has 0 saturated heterocycles. The summed E-state index contributed by atoms with van der Waals surface area (Å²) in [5.74, 6) is -2.92. The second-order valence-corrected chi connectivity index (χ2v) is 5.96. The molecule has 12 heteroatoms. The predicted octanol–water partition coefficient (Wildman–Crippen LogP) is 3.18. The van der Waals surface area contributed by atoms with Gasteiger partial charge in [0.15, 0.2) is 0 Å². The zero-order chi connectivity index (χ0) is 22.3. The number of fused-ring (bicyclic) bond motifs is 1. The smallest absolute Gasteiger partial charge is 0.478 e. The van der Waals surface area contributed by atoms with Crippen LogP contribution in [0.3, 0.4) is 0 Å². The minimum absolute atomic E-state index is 0.225. The van der Waals surface area contributed by atoms with E-state index < -0.39 is 18.1 Å². The first-order valence-electron chi connectivity index (χ1n) is 8.66. The van der Waals surface area contributed by atoms with Gasteiger partial charge in [-0.05, 0) is 24.6 Å². The number of benzene rings is 1. The van der Waals surface area contributed by atoms with Crippen LogP contribution in [-0.4, -0.2) is 48.1 Å². The number of carbonyl (C=O) groups is 2. The minimum atomic E-state index is -5.08. The normalized spacial score (nSPS) is 10.9. The summed E-state index contributed by atoms with van der Waals surface area (Å²) in [4.78, 5) is 28.8. The van der Waals surface area contributed by atoms with Crippen molar-refractivity contribution in [2.45, 2.75) is 32.6 Å². The lowest BCUT2D eigenvalue weighted by molar-refractivity contribution is -0.192. The fraction of sp³-hybridized carbons (Fsp3) is 0.278. The van der Waals surface area contributed by atoms with E-state index in [4.69, 9.17) is 9.90 Å². The van der Waals surface area contributed by atoms with Crippen LogP contribution >= 0.6 is 0 Å². The molecule has 160 valence electrons. The second-order valence-electron chi connectivity index (χ2n) is 5.96. The Morgan fingerprint density at radius 1 is 1.20 bits per heavy atom. The maximum absolute atomic E-state index is 11.3. The summed E-state index contributed by atoms with van der Waals surface area (Å²) >= 11 is 0. The number of anilines is 1. The molecule has 0 radical (unpaired) electrons. The van der Waals surface area contributed by atoms with Crippen molar-refractivity contribution in [3.8, 4) is 0 Å². The summed E-state index contributed by atoms with van der Waals surface area (Å²) < 4.78 is 33.6. The van der Waals surface area contributed by atoms with Crippen molar-refractivity contribution in [3.63, 3.8) is 0 Å². The summed E-state index contributed by atoms with van der Waals surface area (Å²) in [6, 6.07) is 6.85. The maximum Gasteiger partial charge on any atom is 0.490 e. The number of alkyl halides is 3. The molecule has 3 N–H and O–H groups in total. The lowest BCUT2D eigenvalue weighted by Crippen LogP contribution is -2.21. The third-order valence-corrected chi connectivity index (χ3v) is 3.76. The van der Waals surface area contributed by atoms with Gasteiger partial charge in [0.05, 0.1) is 23.3 Å². The summed E-state index contributed by atoms with van der Waals surface area (Å²) in [5.41, 5.74) is 1.63. The molecule has 2 heterocycles. The van der Waals surface area contributed by atoms with Gasteiger partial charge < -0.3 is 15.5 Å². The van der Waals surface area contributed by atoms with Crippen molar-refractivity contribution in [3.05, 3.63) is 48.2 Å². The van der Waals surface area contributed by atoms with Crippen LogP contribution in [0.2, 0.25) is 0 Å². The largest absolute Gasteiger partial charge is 0.490 e. The van der Waals surface area contributed by atoms with Crippen LogP contribution in [0.25, 0.3) is 10.9 Å². The van der Waals surface area contributed by atoms with E-state index in [0.717, 1.165) is 29.7 Å². The molecule has 0 fully saturated rings. The molecule has 1 aromatic carbocycles. The van der Waals surface area contributed by atoms with Crippen molar-refractivity contribution < 1.29 is 33.0 Å². The molecule has 0 atom stereocenters. The number of pyridine rings is 1. The highest BCUT2D eigenvalue weighted by molar-refractivity contribution is 5.99. The molecule has 3 aromatic rings. The Labute approximate surface area is 168 Å². The van der Waals surface area contributed by atoms with E-state index in [-0.39, 0.29) is 5.56 Å². The summed E-state index contributed by atoms with van der Waals surface area (Å²) in [5, 5.41) is 24.6. The molecular weight excluding hydrogens is 407 g/mol. The molecule has 0 aliphatic carbocycles. The monoisotopic (exact) mass is 425 g/mol. The molecule has 0 amide bonds. The first-order chi connectivity index (χ1) is 14.1. The Morgan fingerprint density at radius 2 is 1.90 bits per heavy atom. The topological polar surface area (TPSA) is 130 Å². The van der Waals surface area contributed by atoms with Crippen LogP contribution in [0.15, 0.2) is 36.8 Å². The van der Waals surface area contributed by atoms with Gasteiger partial charge in [0.1, 0.15) is 12.2 Å². The van der Waals surface area contributed by atoms with Gasteiger partial charge >= 0.3 is 18.1 Å². The number of nitrogens with zero attached hydrogens (tertiary/aromatic N) is 4. The fourth-order valence-corrected chi connectivity index (χ4v) is 2.45. The van der Waals surface area contributed by atoms with Crippen LogP contribution in [0.4, 0.5) is 18.9 Å². The zero-order valence-electron chi connectivity index (χ0n) is 15.7. The number of carboxylic acid groups (broad SMARTS) is 2. The van der Waals surface area contributed by atoms with Crippen LogP contribution < -0.4 is 5.32 Å². The molecule has 30 heavy (non-hydrogen) atoms. The maximum atomic E-state index is 11.3. The number of aryl methyl sites for hydroxylation is 1. The Morgan fingerprint density at radius 3 is 2.50 bits per heavy atom. The van der Waals surface area contributed by atoms with Crippen molar-refractivity contribution in [1.29, 1.82) is 0 Å². The molecule has 0 unspecified atom stereocenters. The molecule has 0 saturated carbocycles. The summed E-state index contributed by atoms with van der Waals surface area (Å²) in [6.07, 6.45) is -0.903. The number of aromatic nitrogens is 4. The number of rotatable bonds is 6. The summed E-state index contributed by atoms with van der Waals surface area (Å²) in [6.45, 7) is 3.33. The van der Waals surface area contributed by atoms with Gasteiger partial charge in [0, 0.05) is 18.1 Å². The number of hydrogen-bond donors (Lipinski definition) is 3. The van der Waals surface area contributed by atoms with E-state index in [1.165, 1.54) is 6.33 Å². The highest BCUT2D eigenvalue weighted by Crippen LogP contribution is 2.24. The molecule has 9 nitrogen and oxygen atoms in total. The summed E-state index contributed by atoms with van der Waals surface area (Å²) in [7, 11) is 0. The Bertz CT molecular complexity index is 1040. The molecule has 2 aromatic heterocycles. The minimum Gasteiger partial charge on any atom is -0.478 e. The highest BCUT2D eigenvalue weighted by Gasteiger charge is 2.38. The van der Waals surface area contributed by atoms with Crippen molar-refractivity contribution in [2.24, 2.45) is 0 Å². The van der Waals surface area contributed by atoms with Crippen LogP contribution in [0.1, 0.15) is 29.5 Å². The standard InChI is InChI=1S/C16H17N5O2.C2HF3O2/c1-2-6-21-14(19-10-20-21)9-18-13-8-12(16(22)23)7-11-4-3-5-17-15(11)13;3-2(4,5)1(6)7/h3-5,7-8,10,18H,2,6,9H2,1H3,(H,22,23);(H,6,7). The van der Waals surface area contributed by atoms with Crippen LogP contribution in [-0.2, 0) is 17.9 Å². The lowest BCUT2D eigenvalue weighted by Gasteiger charge is -2.11. The van der Waals surface area contributed by atoms with Gasteiger partial charge in [-0.1, -0.05) is 13.0 Å². The van der Waals surface area contributed by atoms with Crippen molar-refractivity contribution in [1.82, 2.24) is 19.7 Å². The Balaban J connectivity index is 0.000000396. The SMILES string of the molecule is CCCn1ncnc1CNc1cc(C(=O)O)cc2cccnc12.O=C(O)C(F)(F)F. The van der Waals surface area contributed by atoms with Crippen LogP contribution in [0.5, 0.6) is 0 Å². The first kappa shape index (κ1) is 22.6. The average Bonchev–Trinajstić information content (AvgIpc) is 3.13. The van der Waals surface area contributed by atoms with Crippen molar-refractivity contribution in [2.75, 3.05) is 5.32 Å². The average molecular weight is 425 g/mol.